The van der Waals surface area contributed by atoms with Crippen LogP contribution in [0.2, 0.25) is 19.6 Å². The lowest BCUT2D eigenvalue weighted by atomic mass is 9.98. The van der Waals surface area contributed by atoms with Crippen LogP contribution in [0.4, 0.5) is 0 Å². The molecular formula is C14H30OSi. The van der Waals surface area contributed by atoms with Crippen molar-refractivity contribution in [2.75, 3.05) is 0 Å². The minimum absolute atomic E-state index is 0.716. The normalized spacial score (nSPS) is 14.3. The number of hydrogen-bond acceptors (Lipinski definition) is 1. The topological polar surface area (TPSA) is 9.23 Å². The SMILES string of the molecule is CCCCCCC(/C=C/O[Si](C)(C)C)CC. The number of hydrogen-bond donors (Lipinski definition) is 0. The lowest BCUT2D eigenvalue weighted by molar-refractivity contribution is 0.457. The summed E-state index contributed by atoms with van der Waals surface area (Å²) in [4.78, 5) is 0. The van der Waals surface area contributed by atoms with Gasteiger partial charge in [-0.2, -0.15) is 0 Å². The molecule has 16 heavy (non-hydrogen) atoms. The van der Waals surface area contributed by atoms with Crippen LogP contribution in [-0.2, 0) is 4.43 Å². The summed E-state index contributed by atoms with van der Waals surface area (Å²) in [5.74, 6) is 0.716. The quantitative estimate of drug-likeness (QED) is 0.301. The molecule has 1 atom stereocenters. The summed E-state index contributed by atoms with van der Waals surface area (Å²) in [5, 5.41) is 0. The Balaban J connectivity index is 3.73. The van der Waals surface area contributed by atoms with Crippen molar-refractivity contribution in [1.29, 1.82) is 0 Å². The smallest absolute Gasteiger partial charge is 0.241 e. The maximum absolute atomic E-state index is 5.75. The standard InChI is InChI=1S/C14H30OSi/c1-6-8-9-10-11-14(7-2)12-13-15-16(3,4)5/h12-14H,6-11H2,1-5H3/b13-12+. The van der Waals surface area contributed by atoms with Gasteiger partial charge in [-0.1, -0.05) is 39.5 Å². The Morgan fingerprint density at radius 3 is 2.25 bits per heavy atom. The van der Waals surface area contributed by atoms with Crippen molar-refractivity contribution in [2.45, 2.75) is 72.0 Å². The second-order valence-electron chi connectivity index (χ2n) is 5.58. The van der Waals surface area contributed by atoms with Crippen molar-refractivity contribution in [1.82, 2.24) is 0 Å². The summed E-state index contributed by atoms with van der Waals surface area (Å²) in [6.07, 6.45) is 12.2. The van der Waals surface area contributed by atoms with Crippen LogP contribution in [0, 0.1) is 5.92 Å². The van der Waals surface area contributed by atoms with Crippen LogP contribution in [0.5, 0.6) is 0 Å². The van der Waals surface area contributed by atoms with Crippen LogP contribution in [-0.4, -0.2) is 8.32 Å². The Hall–Kier alpha value is -0.243. The predicted octanol–water partition coefficient (Wildman–Crippen LogP) is 5.35. The van der Waals surface area contributed by atoms with Crippen molar-refractivity contribution in [3.63, 3.8) is 0 Å². The van der Waals surface area contributed by atoms with E-state index >= 15 is 0 Å². The van der Waals surface area contributed by atoms with E-state index in [0.717, 1.165) is 0 Å². The Morgan fingerprint density at radius 2 is 1.75 bits per heavy atom. The van der Waals surface area contributed by atoms with Crippen molar-refractivity contribution < 1.29 is 4.43 Å². The summed E-state index contributed by atoms with van der Waals surface area (Å²) < 4.78 is 5.75. The van der Waals surface area contributed by atoms with Gasteiger partial charge in [0.25, 0.3) is 0 Å². The summed E-state index contributed by atoms with van der Waals surface area (Å²) >= 11 is 0. The Morgan fingerprint density at radius 1 is 1.06 bits per heavy atom. The maximum atomic E-state index is 5.75. The first-order chi connectivity index (χ1) is 7.49. The molecule has 0 aromatic carbocycles. The lowest BCUT2D eigenvalue weighted by Crippen LogP contribution is -2.22. The zero-order chi connectivity index (χ0) is 12.4. The summed E-state index contributed by atoms with van der Waals surface area (Å²) in [6.45, 7) is 11.2. The van der Waals surface area contributed by atoms with Crippen LogP contribution >= 0.6 is 0 Å². The van der Waals surface area contributed by atoms with Gasteiger partial charge in [0.05, 0.1) is 6.26 Å². The van der Waals surface area contributed by atoms with Gasteiger partial charge in [-0.25, -0.2) is 0 Å². The largest absolute Gasteiger partial charge is 0.550 e. The number of unbranched alkanes of at least 4 members (excludes halogenated alkanes) is 3. The lowest BCUT2D eigenvalue weighted by Gasteiger charge is -2.16. The molecule has 0 aliphatic heterocycles. The summed E-state index contributed by atoms with van der Waals surface area (Å²) in [6, 6.07) is 0. The second kappa shape index (κ2) is 8.86. The third-order valence-corrected chi connectivity index (χ3v) is 3.57. The molecular weight excluding hydrogens is 212 g/mol. The highest BCUT2D eigenvalue weighted by molar-refractivity contribution is 6.69. The molecule has 96 valence electrons. The average Bonchev–Trinajstić information content (AvgIpc) is 2.20. The predicted molar refractivity (Wildman–Crippen MR) is 76.1 cm³/mol. The molecule has 0 aliphatic carbocycles. The number of allylic oxidation sites excluding steroid dienone is 1. The molecule has 0 radical (unpaired) electrons. The highest BCUT2D eigenvalue weighted by atomic mass is 28.4. The van der Waals surface area contributed by atoms with Gasteiger partial charge in [-0.05, 0) is 44.5 Å². The van der Waals surface area contributed by atoms with Gasteiger partial charge in [0.15, 0.2) is 0 Å². The third kappa shape index (κ3) is 10.3. The second-order valence-corrected chi connectivity index (χ2v) is 10.0. The van der Waals surface area contributed by atoms with E-state index in [1.165, 1.54) is 38.5 Å². The minimum atomic E-state index is -1.37. The fourth-order valence-corrected chi connectivity index (χ4v) is 2.11. The van der Waals surface area contributed by atoms with Gasteiger partial charge >= 0.3 is 0 Å². The van der Waals surface area contributed by atoms with E-state index in [-0.39, 0.29) is 0 Å². The van der Waals surface area contributed by atoms with Crippen molar-refractivity contribution >= 4 is 8.32 Å². The van der Waals surface area contributed by atoms with E-state index in [9.17, 15) is 0 Å². The zero-order valence-corrected chi connectivity index (χ0v) is 12.9. The molecule has 0 heterocycles. The van der Waals surface area contributed by atoms with Crippen molar-refractivity contribution in [2.24, 2.45) is 5.92 Å². The maximum Gasteiger partial charge on any atom is 0.241 e. The minimum Gasteiger partial charge on any atom is -0.550 e. The van der Waals surface area contributed by atoms with Gasteiger partial charge < -0.3 is 4.43 Å². The Bertz CT molecular complexity index is 182. The van der Waals surface area contributed by atoms with Crippen LogP contribution in [0.1, 0.15) is 52.4 Å². The monoisotopic (exact) mass is 242 g/mol. The third-order valence-electron chi connectivity index (χ3n) is 2.73. The highest BCUT2D eigenvalue weighted by Gasteiger charge is 2.13. The Labute approximate surface area is 103 Å². The molecule has 0 aliphatic rings. The molecule has 0 rings (SSSR count). The van der Waals surface area contributed by atoms with Crippen LogP contribution in [0.25, 0.3) is 0 Å². The fraction of sp³-hybridized carbons (Fsp3) is 0.857. The van der Waals surface area contributed by atoms with Crippen LogP contribution in [0.3, 0.4) is 0 Å². The molecule has 0 saturated carbocycles. The molecule has 2 heteroatoms. The average molecular weight is 242 g/mol. The summed E-state index contributed by atoms with van der Waals surface area (Å²) in [7, 11) is -1.37. The molecule has 0 amide bonds. The fourth-order valence-electron chi connectivity index (χ4n) is 1.62. The molecule has 0 spiro atoms. The van der Waals surface area contributed by atoms with Gasteiger partial charge in [0.2, 0.25) is 8.32 Å². The first kappa shape index (κ1) is 15.8. The van der Waals surface area contributed by atoms with E-state index in [2.05, 4.69) is 39.6 Å². The van der Waals surface area contributed by atoms with Gasteiger partial charge in [-0.15, -0.1) is 0 Å². The van der Waals surface area contributed by atoms with Crippen LogP contribution in [0.15, 0.2) is 12.3 Å². The van der Waals surface area contributed by atoms with E-state index in [4.69, 9.17) is 4.43 Å². The van der Waals surface area contributed by atoms with Crippen molar-refractivity contribution in [3.05, 3.63) is 12.3 Å². The van der Waals surface area contributed by atoms with Gasteiger partial charge in [0, 0.05) is 0 Å². The highest BCUT2D eigenvalue weighted by Crippen LogP contribution is 2.16. The van der Waals surface area contributed by atoms with Crippen molar-refractivity contribution in [3.8, 4) is 0 Å². The first-order valence-electron chi connectivity index (χ1n) is 6.84. The van der Waals surface area contributed by atoms with E-state index in [0.29, 0.717) is 5.92 Å². The molecule has 0 fully saturated rings. The summed E-state index contributed by atoms with van der Waals surface area (Å²) in [5.41, 5.74) is 0. The molecule has 0 aromatic rings. The molecule has 0 saturated heterocycles. The van der Waals surface area contributed by atoms with Gasteiger partial charge in [0.1, 0.15) is 0 Å². The molecule has 1 nitrogen and oxygen atoms in total. The Kier molecular flexibility index (Phi) is 8.72. The van der Waals surface area contributed by atoms with E-state index in [1.807, 2.05) is 6.26 Å². The zero-order valence-electron chi connectivity index (χ0n) is 11.9. The van der Waals surface area contributed by atoms with E-state index in [1.54, 1.807) is 0 Å². The molecule has 1 unspecified atom stereocenters. The molecule has 0 aromatic heterocycles. The first-order valence-corrected chi connectivity index (χ1v) is 10.2. The van der Waals surface area contributed by atoms with Crippen LogP contribution < -0.4 is 0 Å². The van der Waals surface area contributed by atoms with Gasteiger partial charge in [-0.3, -0.25) is 0 Å². The number of rotatable bonds is 9. The van der Waals surface area contributed by atoms with E-state index < -0.39 is 8.32 Å². The molecule has 0 bridgehead atoms. The molecule has 0 N–H and O–H groups in total.